The molecule has 0 fully saturated rings. The zero-order valence-corrected chi connectivity index (χ0v) is 12.0. The summed E-state index contributed by atoms with van der Waals surface area (Å²) in [6.45, 7) is 1.87. The van der Waals surface area contributed by atoms with Crippen molar-refractivity contribution in [3.63, 3.8) is 0 Å². The van der Waals surface area contributed by atoms with Crippen LogP contribution in [0.3, 0.4) is 0 Å². The smallest absolute Gasteiger partial charge is 0.343 e. The maximum Gasteiger partial charge on any atom is 0.343 e. The molecule has 2 aromatic rings. The summed E-state index contributed by atoms with van der Waals surface area (Å²) >= 11 is 9.13. The molecule has 0 N–H and O–H groups in total. The predicted octanol–water partition coefficient (Wildman–Crippen LogP) is 4.63. The van der Waals surface area contributed by atoms with Crippen molar-refractivity contribution in [1.29, 1.82) is 0 Å². The summed E-state index contributed by atoms with van der Waals surface area (Å²) in [6.07, 6.45) is 0. The van der Waals surface area contributed by atoms with Crippen molar-refractivity contribution in [3.8, 4) is 5.75 Å². The molecule has 0 aromatic heterocycles. The Morgan fingerprint density at radius 2 is 1.94 bits per heavy atom. The lowest BCUT2D eigenvalue weighted by atomic mass is 10.1. The second-order valence-corrected chi connectivity index (χ2v) is 5.07. The lowest BCUT2D eigenvalue weighted by Crippen LogP contribution is -2.10. The van der Waals surface area contributed by atoms with Crippen LogP contribution in [0.1, 0.15) is 15.9 Å². The van der Waals surface area contributed by atoms with Crippen LogP contribution in [-0.2, 0) is 0 Å². The summed E-state index contributed by atoms with van der Waals surface area (Å²) < 4.78 is 5.97. The van der Waals surface area contributed by atoms with Crippen LogP contribution in [0, 0.1) is 6.92 Å². The van der Waals surface area contributed by atoms with Crippen LogP contribution in [0.4, 0.5) is 0 Å². The zero-order chi connectivity index (χ0) is 13.1. The van der Waals surface area contributed by atoms with Crippen molar-refractivity contribution in [2.45, 2.75) is 6.92 Å². The molecule has 18 heavy (non-hydrogen) atoms. The van der Waals surface area contributed by atoms with Crippen LogP contribution >= 0.6 is 27.5 Å². The first-order valence-corrected chi connectivity index (χ1v) is 6.48. The molecule has 0 amide bonds. The number of rotatable bonds is 2. The SMILES string of the molecule is Cc1ccccc1C(=O)Oc1ccc(Cl)cc1Br. The van der Waals surface area contributed by atoms with E-state index >= 15 is 0 Å². The second-order valence-electron chi connectivity index (χ2n) is 3.78. The van der Waals surface area contributed by atoms with Crippen LogP contribution < -0.4 is 4.74 Å². The lowest BCUT2D eigenvalue weighted by molar-refractivity contribution is 0.0733. The molecule has 0 heterocycles. The van der Waals surface area contributed by atoms with Crippen LogP contribution in [0.2, 0.25) is 5.02 Å². The summed E-state index contributed by atoms with van der Waals surface area (Å²) in [5, 5.41) is 0.581. The Kier molecular flexibility index (Phi) is 4.04. The van der Waals surface area contributed by atoms with E-state index in [9.17, 15) is 4.79 Å². The highest BCUT2D eigenvalue weighted by molar-refractivity contribution is 9.10. The molecule has 2 rings (SSSR count). The number of esters is 1. The molecule has 0 saturated heterocycles. The molecule has 0 atom stereocenters. The van der Waals surface area contributed by atoms with Gasteiger partial charge in [-0.25, -0.2) is 4.79 Å². The van der Waals surface area contributed by atoms with Gasteiger partial charge in [-0.15, -0.1) is 0 Å². The van der Waals surface area contributed by atoms with Gasteiger partial charge < -0.3 is 4.74 Å². The molecular formula is C14H10BrClO2. The Morgan fingerprint density at radius 3 is 2.61 bits per heavy atom. The van der Waals surface area contributed by atoms with Gasteiger partial charge in [-0.3, -0.25) is 0 Å². The third kappa shape index (κ3) is 2.92. The molecule has 2 aromatic carbocycles. The number of hydrogen-bond acceptors (Lipinski definition) is 2. The number of halogens is 2. The van der Waals surface area contributed by atoms with Crippen molar-refractivity contribution >= 4 is 33.5 Å². The summed E-state index contributed by atoms with van der Waals surface area (Å²) in [5.41, 5.74) is 1.44. The van der Waals surface area contributed by atoms with E-state index in [4.69, 9.17) is 16.3 Å². The Labute approximate surface area is 119 Å². The first-order chi connectivity index (χ1) is 8.58. The summed E-state index contributed by atoms with van der Waals surface area (Å²) in [6, 6.07) is 12.3. The number of ether oxygens (including phenoxy) is 1. The molecular weight excluding hydrogens is 316 g/mol. The van der Waals surface area contributed by atoms with Crippen molar-refractivity contribution < 1.29 is 9.53 Å². The van der Waals surface area contributed by atoms with E-state index in [0.717, 1.165) is 5.56 Å². The number of benzene rings is 2. The highest BCUT2D eigenvalue weighted by Gasteiger charge is 2.12. The fraction of sp³-hybridized carbons (Fsp3) is 0.0714. The quantitative estimate of drug-likeness (QED) is 0.594. The molecule has 0 aliphatic rings. The number of aryl methyl sites for hydroxylation is 1. The van der Waals surface area contributed by atoms with Gasteiger partial charge in [0.25, 0.3) is 0 Å². The van der Waals surface area contributed by atoms with Crippen molar-refractivity contribution in [1.82, 2.24) is 0 Å². The van der Waals surface area contributed by atoms with E-state index in [2.05, 4.69) is 15.9 Å². The number of carbonyl (C=O) groups excluding carboxylic acids is 1. The number of hydrogen-bond donors (Lipinski definition) is 0. The van der Waals surface area contributed by atoms with Gasteiger partial charge in [0.2, 0.25) is 0 Å². The monoisotopic (exact) mass is 324 g/mol. The average Bonchev–Trinajstić information content (AvgIpc) is 2.33. The summed E-state index contributed by atoms with van der Waals surface area (Å²) in [7, 11) is 0. The third-order valence-corrected chi connectivity index (χ3v) is 3.32. The van der Waals surface area contributed by atoms with E-state index in [1.165, 1.54) is 0 Å². The van der Waals surface area contributed by atoms with Gasteiger partial charge in [0, 0.05) is 5.02 Å². The summed E-state index contributed by atoms with van der Waals surface area (Å²) in [4.78, 5) is 12.0. The normalized spacial score (nSPS) is 10.2. The van der Waals surface area contributed by atoms with Crippen molar-refractivity contribution in [3.05, 3.63) is 63.1 Å². The maximum atomic E-state index is 12.0. The first kappa shape index (κ1) is 13.1. The van der Waals surface area contributed by atoms with E-state index in [0.29, 0.717) is 20.8 Å². The second kappa shape index (κ2) is 5.55. The molecule has 0 bridgehead atoms. The predicted molar refractivity (Wildman–Crippen MR) is 75.3 cm³/mol. The minimum absolute atomic E-state index is 0.379. The highest BCUT2D eigenvalue weighted by Crippen LogP contribution is 2.28. The molecule has 92 valence electrons. The molecule has 0 spiro atoms. The van der Waals surface area contributed by atoms with Crippen LogP contribution in [0.5, 0.6) is 5.75 Å². The molecule has 0 saturated carbocycles. The minimum Gasteiger partial charge on any atom is -0.422 e. The van der Waals surface area contributed by atoms with Crippen LogP contribution in [0.25, 0.3) is 0 Å². The largest absolute Gasteiger partial charge is 0.422 e. The van der Waals surface area contributed by atoms with E-state index in [1.54, 1.807) is 30.3 Å². The Bertz CT molecular complexity index is 596. The minimum atomic E-state index is -0.379. The average molecular weight is 326 g/mol. The molecule has 0 radical (unpaired) electrons. The van der Waals surface area contributed by atoms with Crippen molar-refractivity contribution in [2.24, 2.45) is 0 Å². The van der Waals surface area contributed by atoms with E-state index in [-0.39, 0.29) is 5.97 Å². The Hall–Kier alpha value is -1.32. The molecule has 0 unspecified atom stereocenters. The molecule has 2 nitrogen and oxygen atoms in total. The van der Waals surface area contributed by atoms with Crippen LogP contribution in [-0.4, -0.2) is 5.97 Å². The standard InChI is InChI=1S/C14H10BrClO2/c1-9-4-2-3-5-11(9)14(17)18-13-7-6-10(16)8-12(13)15/h2-8H,1H3. The van der Waals surface area contributed by atoms with Crippen molar-refractivity contribution in [2.75, 3.05) is 0 Å². The molecule has 0 aliphatic carbocycles. The lowest BCUT2D eigenvalue weighted by Gasteiger charge is -2.08. The zero-order valence-electron chi connectivity index (χ0n) is 9.61. The Balaban J connectivity index is 2.24. The number of carbonyl (C=O) groups is 1. The van der Waals surface area contributed by atoms with E-state index in [1.807, 2.05) is 19.1 Å². The van der Waals surface area contributed by atoms with Gasteiger partial charge in [-0.1, -0.05) is 29.8 Å². The maximum absolute atomic E-state index is 12.0. The van der Waals surface area contributed by atoms with Gasteiger partial charge in [-0.2, -0.15) is 0 Å². The fourth-order valence-electron chi connectivity index (χ4n) is 1.51. The summed E-state index contributed by atoms with van der Waals surface area (Å²) in [5.74, 6) is 0.0729. The third-order valence-electron chi connectivity index (χ3n) is 2.46. The fourth-order valence-corrected chi connectivity index (χ4v) is 2.28. The topological polar surface area (TPSA) is 26.3 Å². The van der Waals surface area contributed by atoms with Gasteiger partial charge in [0.05, 0.1) is 10.0 Å². The Morgan fingerprint density at radius 1 is 1.22 bits per heavy atom. The molecule has 4 heteroatoms. The van der Waals surface area contributed by atoms with Gasteiger partial charge in [0.15, 0.2) is 0 Å². The molecule has 0 aliphatic heterocycles. The highest BCUT2D eigenvalue weighted by atomic mass is 79.9. The van der Waals surface area contributed by atoms with Gasteiger partial charge in [-0.05, 0) is 52.7 Å². The van der Waals surface area contributed by atoms with Gasteiger partial charge in [0.1, 0.15) is 5.75 Å². The first-order valence-electron chi connectivity index (χ1n) is 5.31. The van der Waals surface area contributed by atoms with Crippen LogP contribution in [0.15, 0.2) is 46.9 Å². The van der Waals surface area contributed by atoms with Gasteiger partial charge >= 0.3 is 5.97 Å². The van der Waals surface area contributed by atoms with E-state index < -0.39 is 0 Å².